The molecule has 1 aromatic heterocycles. The molecule has 0 aliphatic carbocycles. The topological polar surface area (TPSA) is 47.0 Å². The highest BCUT2D eigenvalue weighted by Gasteiger charge is 2.11. The largest absolute Gasteiger partial charge is 0.434 e. The molecule has 0 bridgehead atoms. The Labute approximate surface area is 124 Å². The number of nitrogens with zero attached hydrogens (tertiary/aromatic N) is 2. The van der Waals surface area contributed by atoms with Crippen molar-refractivity contribution in [3.63, 3.8) is 0 Å². The molecule has 2 rings (SSSR count). The Morgan fingerprint density at radius 3 is 2.71 bits per heavy atom. The van der Waals surface area contributed by atoms with E-state index in [0.717, 1.165) is 5.69 Å². The summed E-state index contributed by atoms with van der Waals surface area (Å²) >= 11 is 0. The number of halogens is 1. The van der Waals surface area contributed by atoms with E-state index in [-0.39, 0.29) is 23.0 Å². The van der Waals surface area contributed by atoms with Crippen molar-refractivity contribution in [2.45, 2.75) is 39.8 Å². The molecule has 0 unspecified atom stereocenters. The first-order chi connectivity index (χ1) is 9.85. The van der Waals surface area contributed by atoms with E-state index in [9.17, 15) is 4.39 Å². The van der Waals surface area contributed by atoms with Crippen molar-refractivity contribution >= 4 is 0 Å². The van der Waals surface area contributed by atoms with Crippen LogP contribution in [0.1, 0.15) is 32.0 Å². The van der Waals surface area contributed by atoms with Crippen molar-refractivity contribution in [2.24, 2.45) is 0 Å². The van der Waals surface area contributed by atoms with Gasteiger partial charge in [0.25, 0.3) is 0 Å². The molecule has 0 saturated carbocycles. The zero-order valence-electron chi connectivity index (χ0n) is 12.8. The van der Waals surface area contributed by atoms with Crippen LogP contribution in [-0.4, -0.2) is 15.5 Å². The maximum absolute atomic E-state index is 13.9. The summed E-state index contributed by atoms with van der Waals surface area (Å²) in [6, 6.07) is 5.01. The van der Waals surface area contributed by atoms with Crippen LogP contribution in [0.4, 0.5) is 4.39 Å². The minimum Gasteiger partial charge on any atom is -0.434 e. The lowest BCUT2D eigenvalue weighted by atomic mass is 10.1. The highest BCUT2D eigenvalue weighted by atomic mass is 19.1. The number of ether oxygens (including phenoxy) is 1. The highest BCUT2D eigenvalue weighted by Crippen LogP contribution is 2.24. The van der Waals surface area contributed by atoms with Gasteiger partial charge in [-0.25, -0.2) is 9.37 Å². The number of hydrogen-bond acceptors (Lipinski definition) is 4. The second-order valence-corrected chi connectivity index (χ2v) is 5.94. The Hall–Kier alpha value is -2.01. The Morgan fingerprint density at radius 1 is 1.24 bits per heavy atom. The van der Waals surface area contributed by atoms with Gasteiger partial charge in [0, 0.05) is 18.3 Å². The summed E-state index contributed by atoms with van der Waals surface area (Å²) in [5.41, 5.74) is 1.27. The second-order valence-electron chi connectivity index (χ2n) is 5.94. The summed E-state index contributed by atoms with van der Waals surface area (Å²) in [6.07, 6.45) is 3.14. The molecule has 5 heteroatoms. The summed E-state index contributed by atoms with van der Waals surface area (Å²) in [6.45, 7) is 8.48. The highest BCUT2D eigenvalue weighted by molar-refractivity contribution is 5.32. The number of hydrogen-bond donors (Lipinski definition) is 1. The molecule has 1 N–H and O–H groups in total. The molecule has 1 aromatic carbocycles. The fraction of sp³-hybridized carbons (Fsp3) is 0.375. The van der Waals surface area contributed by atoms with Crippen LogP contribution in [0.5, 0.6) is 11.6 Å². The van der Waals surface area contributed by atoms with Crippen LogP contribution in [0.2, 0.25) is 0 Å². The number of aryl methyl sites for hydroxylation is 1. The zero-order valence-corrected chi connectivity index (χ0v) is 12.8. The van der Waals surface area contributed by atoms with Crippen molar-refractivity contribution in [1.29, 1.82) is 0 Å². The predicted octanol–water partition coefficient (Wildman–Crippen LogP) is 3.60. The van der Waals surface area contributed by atoms with Crippen molar-refractivity contribution < 1.29 is 9.13 Å². The van der Waals surface area contributed by atoms with Gasteiger partial charge < -0.3 is 10.1 Å². The minimum absolute atomic E-state index is 0.0127. The predicted molar refractivity (Wildman–Crippen MR) is 79.8 cm³/mol. The van der Waals surface area contributed by atoms with E-state index < -0.39 is 0 Å². The second kappa shape index (κ2) is 6.18. The molecule has 0 radical (unpaired) electrons. The van der Waals surface area contributed by atoms with Gasteiger partial charge in [0.05, 0.1) is 11.9 Å². The summed E-state index contributed by atoms with van der Waals surface area (Å²) < 4.78 is 19.4. The van der Waals surface area contributed by atoms with E-state index in [1.54, 1.807) is 31.3 Å². The fourth-order valence-corrected chi connectivity index (χ4v) is 1.69. The van der Waals surface area contributed by atoms with Gasteiger partial charge in [-0.05, 0) is 39.3 Å². The van der Waals surface area contributed by atoms with Crippen LogP contribution in [0.25, 0.3) is 0 Å². The summed E-state index contributed by atoms with van der Waals surface area (Å²) in [4.78, 5) is 8.41. The van der Waals surface area contributed by atoms with E-state index in [2.05, 4.69) is 36.1 Å². The minimum atomic E-state index is -0.377. The van der Waals surface area contributed by atoms with Crippen molar-refractivity contribution in [3.05, 3.63) is 47.7 Å². The molecular weight excluding hydrogens is 269 g/mol. The van der Waals surface area contributed by atoms with Gasteiger partial charge in [-0.3, -0.25) is 4.98 Å². The van der Waals surface area contributed by atoms with Gasteiger partial charge in [0.15, 0.2) is 11.6 Å². The molecule has 0 aliphatic rings. The third-order valence-corrected chi connectivity index (χ3v) is 2.83. The van der Waals surface area contributed by atoms with Gasteiger partial charge in [-0.15, -0.1) is 0 Å². The standard InChI is InChI=1S/C16H20FN3O/c1-11-6-5-7-13(15(11)17)21-14-10-18-8-12(20-14)9-19-16(2,3)4/h5-8,10,19H,9H2,1-4H3. The average Bonchev–Trinajstić information content (AvgIpc) is 2.41. The third-order valence-electron chi connectivity index (χ3n) is 2.83. The van der Waals surface area contributed by atoms with Gasteiger partial charge in [-0.2, -0.15) is 0 Å². The van der Waals surface area contributed by atoms with Gasteiger partial charge >= 0.3 is 0 Å². The molecule has 0 aliphatic heterocycles. The fourth-order valence-electron chi connectivity index (χ4n) is 1.69. The van der Waals surface area contributed by atoms with Crippen LogP contribution in [0.15, 0.2) is 30.6 Å². The third kappa shape index (κ3) is 4.49. The molecule has 112 valence electrons. The van der Waals surface area contributed by atoms with E-state index in [0.29, 0.717) is 12.1 Å². The molecule has 0 saturated heterocycles. The Kier molecular flexibility index (Phi) is 4.53. The molecule has 0 amide bonds. The van der Waals surface area contributed by atoms with Crippen molar-refractivity contribution in [1.82, 2.24) is 15.3 Å². The first-order valence-electron chi connectivity index (χ1n) is 6.84. The van der Waals surface area contributed by atoms with E-state index in [4.69, 9.17) is 4.74 Å². The zero-order chi connectivity index (χ0) is 15.5. The number of rotatable bonds is 4. The average molecular weight is 289 g/mol. The summed E-state index contributed by atoms with van der Waals surface area (Å²) in [5.74, 6) is 0.0652. The first kappa shape index (κ1) is 15.4. The van der Waals surface area contributed by atoms with E-state index in [1.807, 2.05) is 0 Å². The monoisotopic (exact) mass is 289 g/mol. The maximum atomic E-state index is 13.9. The van der Waals surface area contributed by atoms with Gasteiger partial charge in [0.2, 0.25) is 5.88 Å². The normalized spacial score (nSPS) is 11.5. The lowest BCUT2D eigenvalue weighted by molar-refractivity contribution is 0.407. The molecule has 0 fully saturated rings. The molecule has 0 spiro atoms. The Balaban J connectivity index is 2.12. The van der Waals surface area contributed by atoms with Crippen LogP contribution in [-0.2, 0) is 6.54 Å². The van der Waals surface area contributed by atoms with Crippen molar-refractivity contribution in [3.8, 4) is 11.6 Å². The van der Waals surface area contributed by atoms with E-state index >= 15 is 0 Å². The van der Waals surface area contributed by atoms with Crippen LogP contribution in [0.3, 0.4) is 0 Å². The number of nitrogens with one attached hydrogen (secondary N) is 1. The Morgan fingerprint density at radius 2 is 2.00 bits per heavy atom. The smallest absolute Gasteiger partial charge is 0.238 e. The SMILES string of the molecule is Cc1cccc(Oc2cncc(CNC(C)(C)C)n2)c1F. The van der Waals surface area contributed by atoms with Crippen molar-refractivity contribution in [2.75, 3.05) is 0 Å². The molecule has 21 heavy (non-hydrogen) atoms. The lowest BCUT2D eigenvalue weighted by Crippen LogP contribution is -2.35. The molecule has 4 nitrogen and oxygen atoms in total. The molecule has 0 atom stereocenters. The van der Waals surface area contributed by atoms with Crippen LogP contribution < -0.4 is 10.1 Å². The quantitative estimate of drug-likeness (QED) is 0.934. The molecule has 1 heterocycles. The van der Waals surface area contributed by atoms with E-state index in [1.165, 1.54) is 6.20 Å². The van der Waals surface area contributed by atoms with Gasteiger partial charge in [0.1, 0.15) is 0 Å². The summed E-state index contributed by atoms with van der Waals surface area (Å²) in [7, 11) is 0. The Bertz CT molecular complexity index is 623. The van der Waals surface area contributed by atoms with Crippen LogP contribution in [0, 0.1) is 12.7 Å². The first-order valence-corrected chi connectivity index (χ1v) is 6.84. The number of benzene rings is 1. The molecule has 2 aromatic rings. The number of aromatic nitrogens is 2. The van der Waals surface area contributed by atoms with Gasteiger partial charge in [-0.1, -0.05) is 12.1 Å². The lowest BCUT2D eigenvalue weighted by Gasteiger charge is -2.20. The summed E-state index contributed by atoms with van der Waals surface area (Å²) in [5, 5.41) is 3.32. The maximum Gasteiger partial charge on any atom is 0.238 e. The van der Waals surface area contributed by atoms with Crippen LogP contribution >= 0.6 is 0 Å². The molecular formula is C16H20FN3O.